The van der Waals surface area contributed by atoms with Gasteiger partial charge in [-0.1, -0.05) is 96.2 Å². The summed E-state index contributed by atoms with van der Waals surface area (Å²) in [6, 6.07) is 30.4. The van der Waals surface area contributed by atoms with Gasteiger partial charge < -0.3 is 15.3 Å². The lowest BCUT2D eigenvalue weighted by Gasteiger charge is -2.36. The van der Waals surface area contributed by atoms with Gasteiger partial charge in [-0.2, -0.15) is 0 Å². The van der Waals surface area contributed by atoms with E-state index in [1.165, 1.54) is 11.3 Å². The van der Waals surface area contributed by atoms with Crippen molar-refractivity contribution in [1.82, 2.24) is 4.98 Å². The van der Waals surface area contributed by atoms with Crippen molar-refractivity contribution in [3.05, 3.63) is 119 Å². The van der Waals surface area contributed by atoms with Crippen molar-refractivity contribution in [3.63, 3.8) is 0 Å². The summed E-state index contributed by atoms with van der Waals surface area (Å²) in [5.74, 6) is -0.725. The Bertz CT molecular complexity index is 1130. The smallest absolute Gasteiger partial charge is 0.362 e. The lowest BCUT2D eigenvalue weighted by atomic mass is 9.77. The van der Waals surface area contributed by atoms with E-state index in [4.69, 9.17) is 4.74 Å². The van der Waals surface area contributed by atoms with Gasteiger partial charge in [0.25, 0.3) is 0 Å². The van der Waals surface area contributed by atoms with Gasteiger partial charge in [-0.05, 0) is 23.6 Å². The van der Waals surface area contributed by atoms with Crippen LogP contribution in [0.15, 0.2) is 102 Å². The van der Waals surface area contributed by atoms with Crippen LogP contribution in [0.1, 0.15) is 29.3 Å². The van der Waals surface area contributed by atoms with Crippen LogP contribution < -0.4 is 5.32 Å². The number of rotatable bonds is 8. The van der Waals surface area contributed by atoms with Crippen LogP contribution >= 0.6 is 11.3 Å². The van der Waals surface area contributed by atoms with Crippen LogP contribution in [0.25, 0.3) is 0 Å². The summed E-state index contributed by atoms with van der Waals surface area (Å²) < 4.78 is 4.98. The number of esters is 1. The van der Waals surface area contributed by atoms with Crippen molar-refractivity contribution in [3.8, 4) is 0 Å². The predicted octanol–water partition coefficient (Wildman–Crippen LogP) is 5.29. The maximum atomic E-state index is 12.2. The summed E-state index contributed by atoms with van der Waals surface area (Å²) >= 11 is 1.32. The summed E-state index contributed by atoms with van der Waals surface area (Å²) in [5, 5.41) is 18.4. The highest BCUT2D eigenvalue weighted by molar-refractivity contribution is 7.14. The first-order valence-corrected chi connectivity index (χ1v) is 11.4. The molecule has 0 aliphatic carbocycles. The van der Waals surface area contributed by atoms with E-state index in [2.05, 4.69) is 51.9 Å². The van der Waals surface area contributed by atoms with E-state index in [1.54, 1.807) is 12.3 Å². The van der Waals surface area contributed by atoms with Gasteiger partial charge in [-0.15, -0.1) is 11.3 Å². The Kier molecular flexibility index (Phi) is 6.80. The highest BCUT2D eigenvalue weighted by atomic mass is 32.1. The first-order valence-electron chi connectivity index (χ1n) is 10.5. The maximum Gasteiger partial charge on any atom is 0.362 e. The Morgan fingerprint density at radius 2 is 1.42 bits per heavy atom. The number of hydrogen-bond acceptors (Lipinski definition) is 7. The third-order valence-corrected chi connectivity index (χ3v) is 5.99. The van der Waals surface area contributed by atoms with Crippen LogP contribution in [0.3, 0.4) is 0 Å². The first kappa shape index (κ1) is 22.2. The Balaban J connectivity index is 1.86. The number of ether oxygens (including phenoxy) is 1. The van der Waals surface area contributed by atoms with Gasteiger partial charge in [-0.25, -0.2) is 9.78 Å². The van der Waals surface area contributed by atoms with Gasteiger partial charge in [0.05, 0.1) is 6.61 Å². The highest BCUT2D eigenvalue weighted by Crippen LogP contribution is 2.40. The van der Waals surface area contributed by atoms with Crippen LogP contribution in [0, 0.1) is 0 Å². The van der Waals surface area contributed by atoms with Crippen LogP contribution in [-0.4, -0.2) is 28.5 Å². The Hall–Kier alpha value is -3.97. The Morgan fingerprint density at radius 1 is 0.939 bits per heavy atom. The lowest BCUT2D eigenvalue weighted by Crippen LogP contribution is -2.38. The molecule has 0 spiro atoms. The van der Waals surface area contributed by atoms with E-state index in [1.807, 2.05) is 54.6 Å². The molecule has 0 aliphatic heterocycles. The molecule has 0 saturated carbocycles. The average molecular weight is 458 g/mol. The number of carbonyl (C=O) groups excluding carboxylic acids is 1. The molecular formula is C26H23N3O3S. The molecule has 0 atom stereocenters. The number of aromatic nitrogens is 1. The van der Waals surface area contributed by atoms with Gasteiger partial charge in [0.1, 0.15) is 11.2 Å². The molecule has 0 saturated heterocycles. The fourth-order valence-corrected chi connectivity index (χ4v) is 4.53. The molecule has 0 aliphatic rings. The molecule has 1 aromatic heterocycles. The number of carbonyl (C=O) groups is 1. The van der Waals surface area contributed by atoms with Crippen molar-refractivity contribution in [2.45, 2.75) is 12.5 Å². The molecule has 0 radical (unpaired) electrons. The summed E-state index contributed by atoms with van der Waals surface area (Å²) in [7, 11) is 0. The van der Waals surface area contributed by atoms with E-state index in [-0.39, 0.29) is 18.0 Å². The zero-order valence-electron chi connectivity index (χ0n) is 18.0. The molecule has 0 fully saturated rings. The second kappa shape index (κ2) is 10.1. The third kappa shape index (κ3) is 4.49. The van der Waals surface area contributed by atoms with E-state index < -0.39 is 11.5 Å². The number of nitrogens with zero attached hydrogens (tertiary/aromatic N) is 2. The molecule has 33 heavy (non-hydrogen) atoms. The number of oxime groups is 1. The van der Waals surface area contributed by atoms with Crippen molar-refractivity contribution in [1.29, 1.82) is 0 Å². The monoisotopic (exact) mass is 457 g/mol. The minimum absolute atomic E-state index is 0.173. The molecule has 0 bridgehead atoms. The van der Waals surface area contributed by atoms with Crippen LogP contribution in [0.5, 0.6) is 0 Å². The fraction of sp³-hybridized carbons (Fsp3) is 0.115. The molecule has 0 amide bonds. The Morgan fingerprint density at radius 3 is 1.85 bits per heavy atom. The van der Waals surface area contributed by atoms with Gasteiger partial charge in [0.15, 0.2) is 5.13 Å². The molecule has 6 nitrogen and oxygen atoms in total. The fourth-order valence-electron chi connectivity index (χ4n) is 3.78. The number of thiazole rings is 1. The van der Waals surface area contributed by atoms with Crippen molar-refractivity contribution < 1.29 is 14.7 Å². The molecule has 7 heteroatoms. The number of anilines is 1. The van der Waals surface area contributed by atoms with Crippen molar-refractivity contribution >= 4 is 28.1 Å². The van der Waals surface area contributed by atoms with Gasteiger partial charge >= 0.3 is 5.97 Å². The molecule has 0 unspecified atom stereocenters. The van der Waals surface area contributed by atoms with Gasteiger partial charge in [0, 0.05) is 5.38 Å². The van der Waals surface area contributed by atoms with Gasteiger partial charge in [0.2, 0.25) is 5.71 Å². The van der Waals surface area contributed by atoms with E-state index in [9.17, 15) is 10.0 Å². The van der Waals surface area contributed by atoms with Crippen LogP contribution in [0.2, 0.25) is 0 Å². The van der Waals surface area contributed by atoms with Gasteiger partial charge in [-0.3, -0.25) is 0 Å². The molecule has 166 valence electrons. The minimum Gasteiger partial charge on any atom is -0.461 e. The van der Waals surface area contributed by atoms with Crippen LogP contribution in [-0.2, 0) is 15.1 Å². The molecule has 1 heterocycles. The van der Waals surface area contributed by atoms with E-state index in [0.29, 0.717) is 5.13 Å². The van der Waals surface area contributed by atoms with Crippen LogP contribution in [0.4, 0.5) is 5.13 Å². The SMILES string of the molecule is CCOC(=O)/C(=N\O)c1csc(NC(c2ccccc2)(c2ccccc2)c2ccccc2)n1. The quantitative estimate of drug-likeness (QED) is 0.124. The Labute approximate surface area is 196 Å². The minimum atomic E-state index is -0.751. The molecular weight excluding hydrogens is 434 g/mol. The first-order chi connectivity index (χ1) is 16.2. The van der Waals surface area contributed by atoms with Crippen molar-refractivity contribution in [2.75, 3.05) is 11.9 Å². The lowest BCUT2D eigenvalue weighted by molar-refractivity contribution is -0.135. The summed E-state index contributed by atoms with van der Waals surface area (Å²) in [5.41, 5.74) is 2.35. The highest BCUT2D eigenvalue weighted by Gasteiger charge is 2.37. The largest absolute Gasteiger partial charge is 0.461 e. The average Bonchev–Trinajstić information content (AvgIpc) is 3.33. The number of hydrogen-bond donors (Lipinski definition) is 2. The normalized spacial score (nSPS) is 11.7. The molecule has 4 aromatic rings. The topological polar surface area (TPSA) is 83.8 Å². The zero-order valence-corrected chi connectivity index (χ0v) is 18.8. The third-order valence-electron chi connectivity index (χ3n) is 5.23. The second-order valence-electron chi connectivity index (χ2n) is 7.18. The number of nitrogens with one attached hydrogen (secondary N) is 1. The summed E-state index contributed by atoms with van der Waals surface area (Å²) in [6.45, 7) is 1.86. The molecule has 2 N–H and O–H groups in total. The molecule has 3 aromatic carbocycles. The number of benzene rings is 3. The predicted molar refractivity (Wildman–Crippen MR) is 130 cm³/mol. The maximum absolute atomic E-state index is 12.2. The van der Waals surface area contributed by atoms with Crippen molar-refractivity contribution in [2.24, 2.45) is 5.16 Å². The standard InChI is InChI=1S/C26H23N3O3S/c1-2-32-24(30)23(29-31)22-18-33-25(27-22)28-26(19-12-6-3-7-13-19,20-14-8-4-9-15-20)21-16-10-5-11-17-21/h3-18,31H,2H2,1H3,(H,27,28)/b29-23-. The molecule has 4 rings (SSSR count). The van der Waals surface area contributed by atoms with E-state index >= 15 is 0 Å². The van der Waals surface area contributed by atoms with E-state index in [0.717, 1.165) is 16.7 Å². The zero-order chi connectivity index (χ0) is 23.1. The second-order valence-corrected chi connectivity index (χ2v) is 8.04. The summed E-state index contributed by atoms with van der Waals surface area (Å²) in [6.07, 6.45) is 0. The summed E-state index contributed by atoms with van der Waals surface area (Å²) in [4.78, 5) is 16.7.